The molecule has 140 valence electrons. The number of hydrogen-bond donors (Lipinski definition) is 1. The van der Waals surface area contributed by atoms with Gasteiger partial charge in [-0.05, 0) is 18.2 Å². The van der Waals surface area contributed by atoms with E-state index in [0.29, 0.717) is 0 Å². The third-order valence-electron chi connectivity index (χ3n) is 2.85. The Morgan fingerprint density at radius 1 is 0.885 bits per heavy atom. The number of nitrogens with one attached hydrogen (secondary N) is 1. The Morgan fingerprint density at radius 2 is 1.42 bits per heavy atom. The lowest BCUT2D eigenvalue weighted by molar-refractivity contribution is -0.132. The van der Waals surface area contributed by atoms with Gasteiger partial charge in [0.2, 0.25) is 0 Å². The topological polar surface area (TPSA) is 72.5 Å². The van der Waals surface area contributed by atoms with Crippen LogP contribution in [0.3, 0.4) is 0 Å². The number of benzene rings is 2. The summed E-state index contributed by atoms with van der Waals surface area (Å²) in [4.78, 5) is 10.7. The third kappa shape index (κ3) is 4.62. The molecule has 2 rings (SSSR count). The van der Waals surface area contributed by atoms with E-state index in [9.17, 15) is 13.2 Å². The van der Waals surface area contributed by atoms with Crippen LogP contribution in [0.1, 0.15) is 6.92 Å². The van der Waals surface area contributed by atoms with E-state index in [4.69, 9.17) is 74.3 Å². The summed E-state index contributed by atoms with van der Waals surface area (Å²) >= 11 is 35.6. The molecule has 0 radical (unpaired) electrons. The van der Waals surface area contributed by atoms with Crippen molar-refractivity contribution in [2.24, 2.45) is 0 Å². The Kier molecular flexibility index (Phi) is 6.83. The number of hydrogen-bond acceptors (Lipinski definition) is 4. The van der Waals surface area contributed by atoms with E-state index in [1.165, 1.54) is 12.1 Å². The van der Waals surface area contributed by atoms with Gasteiger partial charge in [-0.3, -0.25) is 9.52 Å². The summed E-state index contributed by atoms with van der Waals surface area (Å²) in [6, 6.07) is 3.60. The predicted molar refractivity (Wildman–Crippen MR) is 105 cm³/mol. The van der Waals surface area contributed by atoms with Crippen molar-refractivity contribution in [2.45, 2.75) is 11.8 Å². The van der Waals surface area contributed by atoms with Crippen LogP contribution in [0, 0.1) is 0 Å². The number of esters is 1. The van der Waals surface area contributed by atoms with E-state index < -0.39 is 31.7 Å². The number of carbonyl (C=O) groups excluding carboxylic acids is 1. The molecular weight excluding hydrogens is 491 g/mol. The Balaban J connectivity index is 2.66. The smallest absolute Gasteiger partial charge is 0.308 e. The zero-order valence-electron chi connectivity index (χ0n) is 12.5. The van der Waals surface area contributed by atoms with Crippen molar-refractivity contribution in [2.75, 3.05) is 4.72 Å². The fourth-order valence-corrected chi connectivity index (χ4v) is 4.84. The van der Waals surface area contributed by atoms with Crippen LogP contribution in [0.5, 0.6) is 5.75 Å². The zero-order valence-corrected chi connectivity index (χ0v) is 17.9. The molecule has 0 unspecified atom stereocenters. The van der Waals surface area contributed by atoms with Gasteiger partial charge in [0.25, 0.3) is 10.0 Å². The molecule has 26 heavy (non-hydrogen) atoms. The van der Waals surface area contributed by atoms with Gasteiger partial charge < -0.3 is 4.74 Å². The van der Waals surface area contributed by atoms with Gasteiger partial charge in [0.1, 0.15) is 0 Å². The Labute approximate surface area is 179 Å². The van der Waals surface area contributed by atoms with Crippen molar-refractivity contribution < 1.29 is 17.9 Å². The van der Waals surface area contributed by atoms with Gasteiger partial charge in [-0.25, -0.2) is 8.42 Å². The molecule has 0 saturated carbocycles. The summed E-state index contributed by atoms with van der Waals surface area (Å²) < 4.78 is 32.8. The molecule has 0 amide bonds. The second-order valence-electron chi connectivity index (χ2n) is 4.76. The third-order valence-corrected chi connectivity index (χ3v) is 6.49. The highest BCUT2D eigenvalue weighted by atomic mass is 35.5. The molecule has 0 aliphatic carbocycles. The maximum Gasteiger partial charge on any atom is 0.308 e. The van der Waals surface area contributed by atoms with Gasteiger partial charge in [0, 0.05) is 6.92 Å². The molecule has 0 heterocycles. The van der Waals surface area contributed by atoms with Crippen molar-refractivity contribution in [3.63, 3.8) is 0 Å². The Morgan fingerprint density at radius 3 is 2.00 bits per heavy atom. The normalized spacial score (nSPS) is 11.3. The molecule has 0 aliphatic heterocycles. The van der Waals surface area contributed by atoms with Crippen molar-refractivity contribution in [3.05, 3.63) is 48.3 Å². The van der Waals surface area contributed by atoms with E-state index in [0.717, 1.165) is 13.0 Å². The molecule has 0 aliphatic rings. The van der Waals surface area contributed by atoms with E-state index in [2.05, 4.69) is 4.72 Å². The first-order chi connectivity index (χ1) is 11.9. The van der Waals surface area contributed by atoms with Crippen LogP contribution >= 0.6 is 69.6 Å². The zero-order chi connectivity index (χ0) is 19.8. The lowest BCUT2D eigenvalue weighted by Gasteiger charge is -2.16. The maximum absolute atomic E-state index is 12.8. The molecule has 1 N–H and O–H groups in total. The summed E-state index contributed by atoms with van der Waals surface area (Å²) in [7, 11) is -4.43. The summed E-state index contributed by atoms with van der Waals surface area (Å²) in [6.07, 6.45) is 0. The van der Waals surface area contributed by atoms with Crippen LogP contribution in [0.4, 0.5) is 5.69 Å². The molecule has 12 heteroatoms. The fourth-order valence-electron chi connectivity index (χ4n) is 1.83. The first-order valence-corrected chi connectivity index (χ1v) is 10.2. The van der Waals surface area contributed by atoms with E-state index >= 15 is 0 Å². The molecule has 2 aromatic carbocycles. The van der Waals surface area contributed by atoms with Crippen LogP contribution in [-0.4, -0.2) is 14.4 Å². The van der Waals surface area contributed by atoms with Crippen LogP contribution in [0.2, 0.25) is 30.1 Å². The Hall–Kier alpha value is -0.600. The maximum atomic E-state index is 12.8. The first-order valence-electron chi connectivity index (χ1n) is 6.47. The van der Waals surface area contributed by atoms with Crippen LogP contribution < -0.4 is 9.46 Å². The van der Waals surface area contributed by atoms with Gasteiger partial charge >= 0.3 is 5.97 Å². The fraction of sp³-hybridized carbons (Fsp3) is 0.0714. The average molecular weight is 498 g/mol. The van der Waals surface area contributed by atoms with Gasteiger partial charge in [-0.2, -0.15) is 0 Å². The van der Waals surface area contributed by atoms with Gasteiger partial charge in [-0.15, -0.1) is 0 Å². The van der Waals surface area contributed by atoms with E-state index in [-0.39, 0.29) is 30.8 Å². The number of sulfonamides is 1. The Bertz CT molecular complexity index is 1010. The van der Waals surface area contributed by atoms with Crippen LogP contribution in [0.15, 0.2) is 23.1 Å². The van der Waals surface area contributed by atoms with Crippen LogP contribution in [0.25, 0.3) is 0 Å². The lowest BCUT2D eigenvalue weighted by Crippen LogP contribution is -2.17. The first kappa shape index (κ1) is 21.7. The average Bonchev–Trinajstić information content (AvgIpc) is 2.49. The molecule has 0 saturated heterocycles. The number of halogens is 6. The van der Waals surface area contributed by atoms with Crippen LogP contribution in [-0.2, 0) is 14.8 Å². The minimum Gasteiger partial charge on any atom is -0.424 e. The molecule has 5 nitrogen and oxygen atoms in total. The number of carbonyl (C=O) groups is 1. The lowest BCUT2D eigenvalue weighted by atomic mass is 10.3. The number of ether oxygens (including phenoxy) is 1. The predicted octanol–water partition coefficient (Wildman–Crippen LogP) is 6.33. The van der Waals surface area contributed by atoms with Crippen molar-refractivity contribution in [3.8, 4) is 5.75 Å². The number of rotatable bonds is 4. The minimum atomic E-state index is -4.43. The molecule has 0 atom stereocenters. The second-order valence-corrected chi connectivity index (χ2v) is 8.79. The van der Waals surface area contributed by atoms with Crippen molar-refractivity contribution in [1.82, 2.24) is 0 Å². The van der Waals surface area contributed by atoms with Gasteiger partial charge in [0.05, 0.1) is 35.8 Å². The largest absolute Gasteiger partial charge is 0.424 e. The monoisotopic (exact) mass is 495 g/mol. The van der Waals surface area contributed by atoms with Gasteiger partial charge in [0.15, 0.2) is 10.6 Å². The summed E-state index contributed by atoms with van der Waals surface area (Å²) in [6.45, 7) is 1.07. The summed E-state index contributed by atoms with van der Waals surface area (Å²) in [5.41, 5.74) is -0.0815. The van der Waals surface area contributed by atoms with E-state index in [1.54, 1.807) is 0 Å². The summed E-state index contributed by atoms with van der Waals surface area (Å²) in [5.74, 6) is -1.29. The molecule has 0 aromatic heterocycles. The molecule has 0 spiro atoms. The van der Waals surface area contributed by atoms with Crippen molar-refractivity contribution >= 4 is 91.3 Å². The highest BCUT2D eigenvalue weighted by Crippen LogP contribution is 2.43. The SMILES string of the molecule is CC(=O)Oc1c(Cl)cc(Cl)c(Cl)c1S(=O)(=O)Nc1cc(Cl)c(Cl)cc1Cl. The number of anilines is 1. The molecular formula is C14H7Cl6NO4S. The second kappa shape index (κ2) is 8.19. The molecule has 0 fully saturated rings. The highest BCUT2D eigenvalue weighted by Gasteiger charge is 2.29. The van der Waals surface area contributed by atoms with Crippen molar-refractivity contribution in [1.29, 1.82) is 0 Å². The standard InChI is InChI=1S/C14H7Cl6NO4S/c1-5(22)25-13-10(19)3-9(18)12(20)14(13)26(23,24)21-11-4-7(16)6(15)2-8(11)17/h2-4,21H,1H3. The highest BCUT2D eigenvalue weighted by molar-refractivity contribution is 7.93. The minimum absolute atomic E-state index is 0.0266. The summed E-state index contributed by atoms with van der Waals surface area (Å²) in [5, 5.41) is -0.617. The van der Waals surface area contributed by atoms with Gasteiger partial charge in [-0.1, -0.05) is 69.6 Å². The van der Waals surface area contributed by atoms with E-state index in [1.807, 2.05) is 0 Å². The molecule has 2 aromatic rings. The quantitative estimate of drug-likeness (QED) is 0.304. The molecule has 0 bridgehead atoms.